The first-order valence-electron chi connectivity index (χ1n) is 5.63. The van der Waals surface area contributed by atoms with Crippen LogP contribution in [-0.4, -0.2) is 20.5 Å². The van der Waals surface area contributed by atoms with Crippen molar-refractivity contribution in [3.8, 4) is 11.3 Å². The third kappa shape index (κ3) is 1.96. The number of pyridine rings is 1. The van der Waals surface area contributed by atoms with Gasteiger partial charge in [0.25, 0.3) is 0 Å². The Morgan fingerprint density at radius 1 is 1.21 bits per heavy atom. The van der Waals surface area contributed by atoms with E-state index in [-0.39, 0.29) is 5.56 Å². The van der Waals surface area contributed by atoms with E-state index in [1.54, 1.807) is 40.9 Å². The predicted octanol–water partition coefficient (Wildman–Crippen LogP) is 3.35. The van der Waals surface area contributed by atoms with Gasteiger partial charge in [0, 0.05) is 18.0 Å². The highest BCUT2D eigenvalue weighted by Gasteiger charge is 2.14. The number of carbonyl (C=O) groups is 1. The minimum Gasteiger partial charge on any atom is -0.478 e. The van der Waals surface area contributed by atoms with Crippen LogP contribution < -0.4 is 0 Å². The Kier molecular flexibility index (Phi) is 2.72. The van der Waals surface area contributed by atoms with Crippen LogP contribution in [0.25, 0.3) is 16.9 Å². The summed E-state index contributed by atoms with van der Waals surface area (Å²) >= 11 is 6.06. The molecule has 0 aliphatic heterocycles. The highest BCUT2D eigenvalue weighted by molar-refractivity contribution is 6.33. The van der Waals surface area contributed by atoms with Crippen LogP contribution in [0, 0.1) is 0 Å². The number of hydrogen-bond donors (Lipinski definition) is 1. The van der Waals surface area contributed by atoms with Gasteiger partial charge in [-0.25, -0.2) is 9.78 Å². The van der Waals surface area contributed by atoms with E-state index in [4.69, 9.17) is 11.6 Å². The second kappa shape index (κ2) is 4.40. The summed E-state index contributed by atoms with van der Waals surface area (Å²) in [5, 5.41) is 9.73. The summed E-state index contributed by atoms with van der Waals surface area (Å²) in [6.45, 7) is 0. The summed E-state index contributed by atoms with van der Waals surface area (Å²) in [4.78, 5) is 15.6. The molecule has 0 fully saturated rings. The summed E-state index contributed by atoms with van der Waals surface area (Å²) in [5.41, 5.74) is 2.00. The Labute approximate surface area is 113 Å². The molecule has 0 bridgehead atoms. The number of rotatable bonds is 2. The Morgan fingerprint density at radius 2 is 2.00 bits per heavy atom. The molecule has 0 aliphatic rings. The van der Waals surface area contributed by atoms with E-state index in [2.05, 4.69) is 4.98 Å². The van der Waals surface area contributed by atoms with Gasteiger partial charge in [-0.2, -0.15) is 0 Å². The first-order valence-corrected chi connectivity index (χ1v) is 6.00. The monoisotopic (exact) mass is 272 g/mol. The molecule has 0 amide bonds. The van der Waals surface area contributed by atoms with Crippen molar-refractivity contribution in [1.29, 1.82) is 0 Å². The molecule has 0 saturated heterocycles. The number of aromatic carboxylic acids is 1. The quantitative estimate of drug-likeness (QED) is 0.778. The molecule has 1 aromatic carbocycles. The molecule has 2 aromatic heterocycles. The van der Waals surface area contributed by atoms with Crippen molar-refractivity contribution in [3.05, 3.63) is 59.4 Å². The number of benzene rings is 1. The predicted molar refractivity (Wildman–Crippen MR) is 72.6 cm³/mol. The fourth-order valence-corrected chi connectivity index (χ4v) is 2.21. The highest BCUT2D eigenvalue weighted by Crippen LogP contribution is 2.25. The van der Waals surface area contributed by atoms with Crippen molar-refractivity contribution in [1.82, 2.24) is 9.38 Å². The molecule has 0 spiro atoms. The highest BCUT2D eigenvalue weighted by atomic mass is 35.5. The van der Waals surface area contributed by atoms with Crippen LogP contribution in [0.3, 0.4) is 0 Å². The second-order valence-electron chi connectivity index (χ2n) is 4.06. The number of carboxylic acids is 1. The lowest BCUT2D eigenvalue weighted by atomic mass is 10.1. The van der Waals surface area contributed by atoms with Gasteiger partial charge in [-0.3, -0.25) is 0 Å². The van der Waals surface area contributed by atoms with Gasteiger partial charge >= 0.3 is 5.97 Å². The number of halogens is 1. The molecule has 0 unspecified atom stereocenters. The van der Waals surface area contributed by atoms with E-state index in [0.717, 1.165) is 0 Å². The Hall–Kier alpha value is -2.33. The lowest BCUT2D eigenvalue weighted by Gasteiger charge is -2.01. The van der Waals surface area contributed by atoms with Crippen molar-refractivity contribution in [3.63, 3.8) is 0 Å². The van der Waals surface area contributed by atoms with Gasteiger partial charge in [0.1, 0.15) is 0 Å². The maximum Gasteiger partial charge on any atom is 0.336 e. The Bertz CT molecular complexity index is 780. The van der Waals surface area contributed by atoms with Crippen molar-refractivity contribution >= 4 is 23.2 Å². The van der Waals surface area contributed by atoms with Crippen molar-refractivity contribution in [2.75, 3.05) is 0 Å². The number of hydrogen-bond acceptors (Lipinski definition) is 2. The SMILES string of the molecule is O=C(O)c1ccccc1-c1cn2cccc(Cl)c2n1. The third-order valence-electron chi connectivity index (χ3n) is 2.87. The van der Waals surface area contributed by atoms with E-state index in [1.165, 1.54) is 0 Å². The second-order valence-corrected chi connectivity index (χ2v) is 4.47. The molecule has 4 nitrogen and oxygen atoms in total. The van der Waals surface area contributed by atoms with Crippen molar-refractivity contribution < 1.29 is 9.90 Å². The summed E-state index contributed by atoms with van der Waals surface area (Å²) in [6, 6.07) is 10.3. The molecule has 5 heteroatoms. The maximum absolute atomic E-state index is 11.2. The van der Waals surface area contributed by atoms with E-state index in [0.29, 0.717) is 21.9 Å². The van der Waals surface area contributed by atoms with Crippen molar-refractivity contribution in [2.24, 2.45) is 0 Å². The summed E-state index contributed by atoms with van der Waals surface area (Å²) in [5.74, 6) is -0.973. The van der Waals surface area contributed by atoms with Crippen LogP contribution in [0.2, 0.25) is 5.02 Å². The van der Waals surface area contributed by atoms with Gasteiger partial charge in [-0.15, -0.1) is 0 Å². The fourth-order valence-electron chi connectivity index (χ4n) is 2.00. The average Bonchev–Trinajstić information content (AvgIpc) is 2.84. The van der Waals surface area contributed by atoms with Crippen LogP contribution in [0.15, 0.2) is 48.8 Å². The zero-order valence-corrected chi connectivity index (χ0v) is 10.5. The number of carboxylic acid groups (broad SMARTS) is 1. The van der Waals surface area contributed by atoms with Gasteiger partial charge in [-0.05, 0) is 18.2 Å². The minimum atomic E-state index is -0.973. The summed E-state index contributed by atoms with van der Waals surface area (Å²) in [6.07, 6.45) is 3.59. The number of imidazole rings is 1. The topological polar surface area (TPSA) is 54.6 Å². The molecule has 94 valence electrons. The summed E-state index contributed by atoms with van der Waals surface area (Å²) < 4.78 is 1.77. The lowest BCUT2D eigenvalue weighted by Crippen LogP contribution is -1.98. The van der Waals surface area contributed by atoms with Crippen LogP contribution >= 0.6 is 11.6 Å². The molecule has 2 heterocycles. The molecular formula is C14H9ClN2O2. The molecule has 0 aliphatic carbocycles. The molecule has 3 rings (SSSR count). The van der Waals surface area contributed by atoms with Crippen LogP contribution in [-0.2, 0) is 0 Å². The van der Waals surface area contributed by atoms with E-state index < -0.39 is 5.97 Å². The Balaban J connectivity index is 2.25. The third-order valence-corrected chi connectivity index (χ3v) is 3.16. The standard InChI is InChI=1S/C14H9ClN2O2/c15-11-6-3-7-17-8-12(16-13(11)17)9-4-1-2-5-10(9)14(18)19/h1-8H,(H,18,19). The fraction of sp³-hybridized carbons (Fsp3) is 0. The normalized spacial score (nSPS) is 10.8. The average molecular weight is 273 g/mol. The van der Waals surface area contributed by atoms with Gasteiger partial charge in [0.15, 0.2) is 5.65 Å². The molecule has 19 heavy (non-hydrogen) atoms. The van der Waals surface area contributed by atoms with E-state index in [9.17, 15) is 9.90 Å². The lowest BCUT2D eigenvalue weighted by molar-refractivity contribution is 0.0697. The van der Waals surface area contributed by atoms with Gasteiger partial charge in [0.05, 0.1) is 16.3 Å². The summed E-state index contributed by atoms with van der Waals surface area (Å²) in [7, 11) is 0. The number of nitrogens with zero attached hydrogens (tertiary/aromatic N) is 2. The van der Waals surface area contributed by atoms with Crippen LogP contribution in [0.1, 0.15) is 10.4 Å². The molecule has 0 radical (unpaired) electrons. The van der Waals surface area contributed by atoms with Gasteiger partial charge in [-0.1, -0.05) is 29.8 Å². The van der Waals surface area contributed by atoms with Crippen molar-refractivity contribution in [2.45, 2.75) is 0 Å². The van der Waals surface area contributed by atoms with Crippen LogP contribution in [0.5, 0.6) is 0 Å². The number of fused-ring (bicyclic) bond motifs is 1. The zero-order valence-electron chi connectivity index (χ0n) is 9.75. The van der Waals surface area contributed by atoms with E-state index in [1.807, 2.05) is 12.3 Å². The van der Waals surface area contributed by atoms with E-state index >= 15 is 0 Å². The molecule has 1 N–H and O–H groups in total. The largest absolute Gasteiger partial charge is 0.478 e. The van der Waals surface area contributed by atoms with Gasteiger partial charge < -0.3 is 9.51 Å². The first kappa shape index (κ1) is 11.7. The molecule has 0 saturated carbocycles. The first-order chi connectivity index (χ1) is 9.16. The van der Waals surface area contributed by atoms with Crippen LogP contribution in [0.4, 0.5) is 0 Å². The molecule has 0 atom stereocenters. The molecule has 3 aromatic rings. The maximum atomic E-state index is 11.2. The van der Waals surface area contributed by atoms with Gasteiger partial charge in [0.2, 0.25) is 0 Å². The molecular weight excluding hydrogens is 264 g/mol. The Morgan fingerprint density at radius 3 is 2.74 bits per heavy atom. The number of aromatic nitrogens is 2. The minimum absolute atomic E-state index is 0.224. The smallest absolute Gasteiger partial charge is 0.336 e. The zero-order chi connectivity index (χ0) is 13.4.